The summed E-state index contributed by atoms with van der Waals surface area (Å²) in [6.07, 6.45) is 0. The molecule has 0 bridgehead atoms. The Morgan fingerprint density at radius 1 is 1.24 bits per heavy atom. The highest BCUT2D eigenvalue weighted by molar-refractivity contribution is 5.92. The van der Waals surface area contributed by atoms with Crippen LogP contribution in [0.25, 0.3) is 0 Å². The summed E-state index contributed by atoms with van der Waals surface area (Å²) in [4.78, 5) is 14.1. The molecule has 5 nitrogen and oxygen atoms in total. The number of ether oxygens (including phenoxy) is 1. The number of anilines is 1. The molecule has 1 aromatic rings. The fourth-order valence-electron chi connectivity index (χ4n) is 2.21. The topological polar surface area (TPSA) is 53.6 Å². The Morgan fingerprint density at radius 2 is 1.90 bits per heavy atom. The van der Waals surface area contributed by atoms with Gasteiger partial charge in [-0.2, -0.15) is 0 Å². The maximum Gasteiger partial charge on any atom is 0.238 e. The van der Waals surface area contributed by atoms with Crippen molar-refractivity contribution in [3.05, 3.63) is 29.8 Å². The van der Waals surface area contributed by atoms with E-state index in [1.54, 1.807) is 0 Å². The molecule has 1 heterocycles. The van der Waals surface area contributed by atoms with Crippen LogP contribution in [0.15, 0.2) is 24.3 Å². The normalized spacial score (nSPS) is 16.1. The van der Waals surface area contributed by atoms with Gasteiger partial charge in [0.2, 0.25) is 5.91 Å². The first-order chi connectivity index (χ1) is 10.1. The minimum Gasteiger partial charge on any atom is -0.379 e. The maximum absolute atomic E-state index is 11.7. The number of benzene rings is 1. The molecule has 0 unspecified atom stereocenters. The minimum atomic E-state index is -0.00960. The average molecular weight is 291 g/mol. The van der Waals surface area contributed by atoms with Gasteiger partial charge < -0.3 is 15.4 Å². The monoisotopic (exact) mass is 291 g/mol. The number of morpholine rings is 1. The van der Waals surface area contributed by atoms with Crippen LogP contribution in [0.3, 0.4) is 0 Å². The first-order valence-electron chi connectivity index (χ1n) is 7.56. The van der Waals surface area contributed by atoms with Crippen molar-refractivity contribution in [2.75, 3.05) is 38.2 Å². The zero-order valence-corrected chi connectivity index (χ0v) is 12.9. The van der Waals surface area contributed by atoms with Gasteiger partial charge in [0.25, 0.3) is 0 Å². The van der Waals surface area contributed by atoms with Crippen LogP contribution < -0.4 is 10.6 Å². The van der Waals surface area contributed by atoms with Gasteiger partial charge in [0.05, 0.1) is 19.8 Å². The third-order valence-electron chi connectivity index (χ3n) is 3.42. The molecule has 1 aliphatic rings. The molecule has 0 atom stereocenters. The minimum absolute atomic E-state index is 0.00960. The van der Waals surface area contributed by atoms with Crippen LogP contribution in [-0.2, 0) is 16.1 Å². The van der Waals surface area contributed by atoms with Crippen molar-refractivity contribution in [1.29, 1.82) is 0 Å². The molecule has 1 amide bonds. The SMILES string of the molecule is CC(C)NCC(=O)Nc1ccc(CN2CCOCC2)cc1. The van der Waals surface area contributed by atoms with Gasteiger partial charge in [-0.25, -0.2) is 0 Å². The van der Waals surface area contributed by atoms with E-state index >= 15 is 0 Å². The highest BCUT2D eigenvalue weighted by Crippen LogP contribution is 2.12. The largest absolute Gasteiger partial charge is 0.379 e. The van der Waals surface area contributed by atoms with Crippen molar-refractivity contribution in [3.63, 3.8) is 0 Å². The van der Waals surface area contributed by atoms with Gasteiger partial charge in [0, 0.05) is 31.4 Å². The van der Waals surface area contributed by atoms with Crippen molar-refractivity contribution in [3.8, 4) is 0 Å². The quantitative estimate of drug-likeness (QED) is 0.833. The van der Waals surface area contributed by atoms with Crippen molar-refractivity contribution in [2.24, 2.45) is 0 Å². The number of amides is 1. The molecule has 21 heavy (non-hydrogen) atoms. The predicted molar refractivity (Wildman–Crippen MR) is 84.3 cm³/mol. The summed E-state index contributed by atoms with van der Waals surface area (Å²) in [5.74, 6) is -0.00960. The Bertz CT molecular complexity index is 439. The van der Waals surface area contributed by atoms with Gasteiger partial charge in [-0.05, 0) is 17.7 Å². The van der Waals surface area contributed by atoms with E-state index in [0.29, 0.717) is 12.6 Å². The van der Waals surface area contributed by atoms with Gasteiger partial charge in [0.15, 0.2) is 0 Å². The summed E-state index contributed by atoms with van der Waals surface area (Å²) in [6.45, 7) is 8.92. The Morgan fingerprint density at radius 3 is 2.52 bits per heavy atom. The highest BCUT2D eigenvalue weighted by Gasteiger charge is 2.10. The van der Waals surface area contributed by atoms with Crippen LogP contribution in [0.2, 0.25) is 0 Å². The van der Waals surface area contributed by atoms with Gasteiger partial charge in [-0.3, -0.25) is 9.69 Å². The van der Waals surface area contributed by atoms with Crippen LogP contribution in [-0.4, -0.2) is 49.7 Å². The second-order valence-corrected chi connectivity index (χ2v) is 5.67. The molecule has 2 N–H and O–H groups in total. The van der Waals surface area contributed by atoms with Gasteiger partial charge in [-0.1, -0.05) is 26.0 Å². The first kappa shape index (κ1) is 15.9. The molecule has 116 valence electrons. The van der Waals surface area contributed by atoms with E-state index < -0.39 is 0 Å². The zero-order valence-electron chi connectivity index (χ0n) is 12.9. The third kappa shape index (κ3) is 5.83. The lowest BCUT2D eigenvalue weighted by Crippen LogP contribution is -2.35. The molecule has 1 aliphatic heterocycles. The van der Waals surface area contributed by atoms with Gasteiger partial charge in [0.1, 0.15) is 0 Å². The zero-order chi connectivity index (χ0) is 15.1. The standard InChI is InChI=1S/C16H25N3O2/c1-13(2)17-11-16(20)18-15-5-3-14(4-6-15)12-19-7-9-21-10-8-19/h3-6,13,17H,7-12H2,1-2H3,(H,18,20). The van der Waals surface area contributed by atoms with Crippen LogP contribution >= 0.6 is 0 Å². The highest BCUT2D eigenvalue weighted by atomic mass is 16.5. The van der Waals surface area contributed by atoms with E-state index in [1.807, 2.05) is 26.0 Å². The molecule has 2 rings (SSSR count). The smallest absolute Gasteiger partial charge is 0.238 e. The Kier molecular flexibility index (Phi) is 6.17. The van der Waals surface area contributed by atoms with Crippen molar-refractivity contribution in [1.82, 2.24) is 10.2 Å². The summed E-state index contributed by atoms with van der Waals surface area (Å²) >= 11 is 0. The number of carbonyl (C=O) groups is 1. The molecular formula is C16H25N3O2. The lowest BCUT2D eigenvalue weighted by atomic mass is 10.2. The van der Waals surface area contributed by atoms with Crippen LogP contribution in [0, 0.1) is 0 Å². The molecule has 1 saturated heterocycles. The summed E-state index contributed by atoms with van der Waals surface area (Å²) in [6, 6.07) is 8.38. The van der Waals surface area contributed by atoms with E-state index in [0.717, 1.165) is 38.5 Å². The number of rotatable bonds is 6. The molecule has 0 saturated carbocycles. The second-order valence-electron chi connectivity index (χ2n) is 5.67. The fraction of sp³-hybridized carbons (Fsp3) is 0.562. The van der Waals surface area contributed by atoms with Crippen molar-refractivity contribution < 1.29 is 9.53 Å². The van der Waals surface area contributed by atoms with Crippen LogP contribution in [0.1, 0.15) is 19.4 Å². The molecule has 0 aromatic heterocycles. The number of nitrogens with one attached hydrogen (secondary N) is 2. The Hall–Kier alpha value is -1.43. The predicted octanol–water partition coefficient (Wildman–Crippen LogP) is 1.46. The number of carbonyl (C=O) groups excluding carboxylic acids is 1. The number of hydrogen-bond acceptors (Lipinski definition) is 4. The van der Waals surface area contributed by atoms with Crippen molar-refractivity contribution >= 4 is 11.6 Å². The lowest BCUT2D eigenvalue weighted by molar-refractivity contribution is -0.115. The third-order valence-corrected chi connectivity index (χ3v) is 3.42. The molecule has 1 fully saturated rings. The average Bonchev–Trinajstić information content (AvgIpc) is 2.48. The van der Waals surface area contributed by atoms with Crippen LogP contribution in [0.4, 0.5) is 5.69 Å². The molecule has 0 radical (unpaired) electrons. The number of hydrogen-bond donors (Lipinski definition) is 2. The van der Waals surface area contributed by atoms with E-state index in [2.05, 4.69) is 27.7 Å². The van der Waals surface area contributed by atoms with E-state index in [4.69, 9.17) is 4.74 Å². The lowest BCUT2D eigenvalue weighted by Gasteiger charge is -2.26. The summed E-state index contributed by atoms with van der Waals surface area (Å²) in [5, 5.41) is 5.99. The van der Waals surface area contributed by atoms with E-state index in [-0.39, 0.29) is 5.91 Å². The molecular weight excluding hydrogens is 266 g/mol. The Labute approximate surface area is 126 Å². The molecule has 0 aliphatic carbocycles. The Balaban J connectivity index is 1.79. The van der Waals surface area contributed by atoms with Crippen molar-refractivity contribution in [2.45, 2.75) is 26.4 Å². The maximum atomic E-state index is 11.7. The summed E-state index contributed by atoms with van der Waals surface area (Å²) in [5.41, 5.74) is 2.10. The molecule has 1 aromatic carbocycles. The van der Waals surface area contributed by atoms with E-state index in [9.17, 15) is 4.79 Å². The second kappa shape index (κ2) is 8.12. The fourth-order valence-corrected chi connectivity index (χ4v) is 2.21. The molecule has 0 spiro atoms. The summed E-state index contributed by atoms with van der Waals surface area (Å²) in [7, 11) is 0. The first-order valence-corrected chi connectivity index (χ1v) is 7.56. The molecule has 5 heteroatoms. The van der Waals surface area contributed by atoms with Gasteiger partial charge in [-0.15, -0.1) is 0 Å². The number of nitrogens with zero attached hydrogens (tertiary/aromatic N) is 1. The van der Waals surface area contributed by atoms with Gasteiger partial charge >= 0.3 is 0 Å². The van der Waals surface area contributed by atoms with Crippen LogP contribution in [0.5, 0.6) is 0 Å². The summed E-state index contributed by atoms with van der Waals surface area (Å²) < 4.78 is 5.34. The van der Waals surface area contributed by atoms with E-state index in [1.165, 1.54) is 5.56 Å².